The van der Waals surface area contributed by atoms with Crippen molar-refractivity contribution in [2.45, 2.75) is 46.3 Å². The third kappa shape index (κ3) is 3.00. The number of aryl methyl sites for hydroxylation is 2. The lowest BCUT2D eigenvalue weighted by Gasteiger charge is -2.06. The maximum absolute atomic E-state index is 9.92. The highest BCUT2D eigenvalue weighted by Gasteiger charge is 2.09. The van der Waals surface area contributed by atoms with Gasteiger partial charge in [0.2, 0.25) is 0 Å². The lowest BCUT2D eigenvalue weighted by atomic mass is 10.1. The fraction of sp³-hybridized carbons (Fsp3) is 0.500. The van der Waals surface area contributed by atoms with Gasteiger partial charge in [-0.1, -0.05) is 13.3 Å². The molecular weight excluding hydrogens is 244 g/mol. The largest absolute Gasteiger partial charge is 0.388 e. The van der Waals surface area contributed by atoms with Gasteiger partial charge >= 0.3 is 0 Å². The van der Waals surface area contributed by atoms with E-state index in [1.54, 1.807) is 11.3 Å². The summed E-state index contributed by atoms with van der Waals surface area (Å²) in [4.78, 5) is 5.81. The van der Waals surface area contributed by atoms with Crippen molar-refractivity contribution in [3.8, 4) is 0 Å². The number of aromatic nitrogens is 2. The summed E-state index contributed by atoms with van der Waals surface area (Å²) in [6.07, 6.45) is 5.51. The Balaban J connectivity index is 2.06. The Kier molecular flexibility index (Phi) is 4.19. The molecule has 0 fully saturated rings. The van der Waals surface area contributed by atoms with Crippen molar-refractivity contribution in [3.63, 3.8) is 0 Å². The van der Waals surface area contributed by atoms with Crippen LogP contribution in [0.5, 0.6) is 0 Å². The Morgan fingerprint density at radius 2 is 2.22 bits per heavy atom. The Morgan fingerprint density at radius 1 is 1.44 bits per heavy atom. The molecule has 0 saturated carbocycles. The molecule has 2 aromatic heterocycles. The van der Waals surface area contributed by atoms with E-state index in [0.29, 0.717) is 0 Å². The number of hydrogen-bond acceptors (Lipinski definition) is 3. The van der Waals surface area contributed by atoms with Gasteiger partial charge in [-0.15, -0.1) is 11.3 Å². The normalized spacial score (nSPS) is 12.9. The number of rotatable bonds is 5. The third-order valence-corrected chi connectivity index (χ3v) is 4.17. The van der Waals surface area contributed by atoms with Crippen molar-refractivity contribution < 1.29 is 5.11 Å². The van der Waals surface area contributed by atoms with E-state index >= 15 is 0 Å². The van der Waals surface area contributed by atoms with Crippen LogP contribution in [0.1, 0.15) is 47.0 Å². The number of hydrogen-bond donors (Lipinski definition) is 1. The molecule has 2 heterocycles. The zero-order chi connectivity index (χ0) is 13.1. The van der Waals surface area contributed by atoms with E-state index in [1.807, 2.05) is 25.4 Å². The molecule has 98 valence electrons. The first kappa shape index (κ1) is 13.3. The molecule has 0 radical (unpaired) electrons. The van der Waals surface area contributed by atoms with Gasteiger partial charge in [-0.3, -0.25) is 0 Å². The summed E-state index contributed by atoms with van der Waals surface area (Å²) >= 11 is 1.74. The summed E-state index contributed by atoms with van der Waals surface area (Å²) in [5.41, 5.74) is 2.12. The first-order valence-electron chi connectivity index (χ1n) is 6.36. The SMILES string of the molecule is CCCC(O)c1ccn(Cc2nc(C)c(C)s2)c1. The summed E-state index contributed by atoms with van der Waals surface area (Å²) in [5.74, 6) is 0. The van der Waals surface area contributed by atoms with Crippen LogP contribution in [0, 0.1) is 13.8 Å². The van der Waals surface area contributed by atoms with Gasteiger partial charge in [0.1, 0.15) is 5.01 Å². The molecule has 1 unspecified atom stereocenters. The van der Waals surface area contributed by atoms with Gasteiger partial charge in [0.15, 0.2) is 0 Å². The van der Waals surface area contributed by atoms with Gasteiger partial charge in [-0.05, 0) is 31.9 Å². The zero-order valence-electron chi connectivity index (χ0n) is 11.2. The molecule has 0 aromatic carbocycles. The maximum Gasteiger partial charge on any atom is 0.113 e. The molecule has 0 saturated heterocycles. The van der Waals surface area contributed by atoms with Gasteiger partial charge < -0.3 is 9.67 Å². The van der Waals surface area contributed by atoms with Crippen LogP contribution in [-0.2, 0) is 6.54 Å². The van der Waals surface area contributed by atoms with E-state index in [0.717, 1.165) is 35.7 Å². The summed E-state index contributed by atoms with van der Waals surface area (Å²) in [7, 11) is 0. The van der Waals surface area contributed by atoms with Crippen molar-refractivity contribution in [2.24, 2.45) is 0 Å². The first-order valence-corrected chi connectivity index (χ1v) is 7.18. The summed E-state index contributed by atoms with van der Waals surface area (Å²) in [5, 5.41) is 11.0. The monoisotopic (exact) mass is 264 g/mol. The summed E-state index contributed by atoms with van der Waals surface area (Å²) < 4.78 is 2.09. The molecule has 0 aliphatic rings. The molecule has 0 bridgehead atoms. The van der Waals surface area contributed by atoms with Crippen LogP contribution in [0.15, 0.2) is 18.5 Å². The molecule has 0 aliphatic heterocycles. The van der Waals surface area contributed by atoms with Crippen LogP contribution in [0.4, 0.5) is 0 Å². The van der Waals surface area contributed by atoms with Gasteiger partial charge in [0, 0.05) is 17.3 Å². The molecule has 18 heavy (non-hydrogen) atoms. The molecule has 1 N–H and O–H groups in total. The Morgan fingerprint density at radius 3 is 2.83 bits per heavy atom. The fourth-order valence-corrected chi connectivity index (χ4v) is 2.90. The second kappa shape index (κ2) is 5.67. The molecule has 3 nitrogen and oxygen atoms in total. The summed E-state index contributed by atoms with van der Waals surface area (Å²) in [6.45, 7) is 7.02. The second-order valence-corrected chi connectivity index (χ2v) is 5.96. The standard InChI is InChI=1S/C14H20N2OS/c1-4-5-13(17)12-6-7-16(8-12)9-14-15-10(2)11(3)18-14/h6-8,13,17H,4-5,9H2,1-3H3. The van der Waals surface area contributed by atoms with Crippen molar-refractivity contribution in [1.82, 2.24) is 9.55 Å². The molecule has 0 aliphatic carbocycles. The highest BCUT2D eigenvalue weighted by Crippen LogP contribution is 2.21. The summed E-state index contributed by atoms with van der Waals surface area (Å²) in [6, 6.07) is 1.99. The highest BCUT2D eigenvalue weighted by atomic mass is 32.1. The van der Waals surface area contributed by atoms with Gasteiger partial charge in [0.05, 0.1) is 18.3 Å². The van der Waals surface area contributed by atoms with Crippen molar-refractivity contribution in [3.05, 3.63) is 39.6 Å². The van der Waals surface area contributed by atoms with E-state index in [1.165, 1.54) is 4.88 Å². The molecule has 2 rings (SSSR count). The Labute approximate surface area is 112 Å². The number of aliphatic hydroxyl groups excluding tert-OH is 1. The molecular formula is C14H20N2OS. The van der Waals surface area contributed by atoms with Gasteiger partial charge in [-0.25, -0.2) is 4.98 Å². The highest BCUT2D eigenvalue weighted by molar-refractivity contribution is 7.11. The minimum absolute atomic E-state index is 0.337. The van der Waals surface area contributed by atoms with Crippen molar-refractivity contribution >= 4 is 11.3 Å². The fourth-order valence-electron chi connectivity index (χ4n) is 1.96. The van der Waals surface area contributed by atoms with Crippen LogP contribution in [0.3, 0.4) is 0 Å². The smallest absolute Gasteiger partial charge is 0.113 e. The van der Waals surface area contributed by atoms with Crippen LogP contribution >= 0.6 is 11.3 Å². The zero-order valence-corrected chi connectivity index (χ0v) is 12.0. The van der Waals surface area contributed by atoms with E-state index < -0.39 is 0 Å². The topological polar surface area (TPSA) is 38.0 Å². The van der Waals surface area contributed by atoms with E-state index in [9.17, 15) is 5.11 Å². The maximum atomic E-state index is 9.92. The minimum atomic E-state index is -0.337. The lowest BCUT2D eigenvalue weighted by Crippen LogP contribution is -1.98. The average molecular weight is 264 g/mol. The van der Waals surface area contributed by atoms with Crippen molar-refractivity contribution in [2.75, 3.05) is 0 Å². The molecule has 0 spiro atoms. The predicted octanol–water partition coefficient (Wildman–Crippen LogP) is 3.44. The predicted molar refractivity (Wildman–Crippen MR) is 75.0 cm³/mol. The number of nitrogens with zero attached hydrogens (tertiary/aromatic N) is 2. The third-order valence-electron chi connectivity index (χ3n) is 3.11. The Bertz CT molecular complexity index is 496. The molecule has 4 heteroatoms. The van der Waals surface area contributed by atoms with Gasteiger partial charge in [0.25, 0.3) is 0 Å². The lowest BCUT2D eigenvalue weighted by molar-refractivity contribution is 0.166. The molecule has 1 atom stereocenters. The molecule has 0 amide bonds. The second-order valence-electron chi connectivity index (χ2n) is 4.67. The van der Waals surface area contributed by atoms with E-state index in [4.69, 9.17) is 0 Å². The Hall–Kier alpha value is -1.13. The van der Waals surface area contributed by atoms with Crippen molar-refractivity contribution in [1.29, 1.82) is 0 Å². The average Bonchev–Trinajstić information content (AvgIpc) is 2.88. The number of thiazole rings is 1. The minimum Gasteiger partial charge on any atom is -0.388 e. The number of aliphatic hydroxyl groups is 1. The van der Waals surface area contributed by atoms with E-state index in [2.05, 4.69) is 23.4 Å². The van der Waals surface area contributed by atoms with Crippen LogP contribution in [0.2, 0.25) is 0 Å². The quantitative estimate of drug-likeness (QED) is 0.898. The van der Waals surface area contributed by atoms with E-state index in [-0.39, 0.29) is 6.10 Å². The first-order chi connectivity index (χ1) is 8.60. The van der Waals surface area contributed by atoms with Crippen LogP contribution in [-0.4, -0.2) is 14.7 Å². The molecule has 2 aromatic rings. The van der Waals surface area contributed by atoms with Crippen LogP contribution < -0.4 is 0 Å². The van der Waals surface area contributed by atoms with Gasteiger partial charge in [-0.2, -0.15) is 0 Å². The van der Waals surface area contributed by atoms with Crippen LogP contribution in [0.25, 0.3) is 0 Å².